The van der Waals surface area contributed by atoms with Crippen molar-refractivity contribution in [2.45, 2.75) is 23.9 Å². The zero-order valence-electron chi connectivity index (χ0n) is 19.6. The molecule has 1 atom stereocenters. The maximum absolute atomic E-state index is 13.5. The highest BCUT2D eigenvalue weighted by atomic mass is 35.5. The van der Waals surface area contributed by atoms with Gasteiger partial charge < -0.3 is 10.6 Å². The first kappa shape index (κ1) is 24.5. The number of carbonyl (C=O) groups excluding carboxylic acids is 1. The Bertz CT molecular complexity index is 1520. The van der Waals surface area contributed by atoms with Crippen LogP contribution < -0.4 is 10.6 Å². The third-order valence-electron chi connectivity index (χ3n) is 5.85. The number of nitrogens with one attached hydrogen (secondary N) is 2. The molecule has 0 fully saturated rings. The van der Waals surface area contributed by atoms with E-state index in [0.29, 0.717) is 44.4 Å². The molecule has 3 aromatic carbocycles. The standard InChI is InChI=1S/C26H21ClN6O3S/c1-16-22(24(34)29-18-10-3-2-4-11-18)23(19-12-6-8-14-21(19)33(35)36)32-25(28-16)30-26(31-32)37-15-17-9-5-7-13-20(17)27/h2-14,23H,15H2,1H3,(H,29,34)(H,28,30,31). The Hall–Kier alpha value is -4.15. The molecule has 2 N–H and O–H groups in total. The van der Waals surface area contributed by atoms with Crippen molar-refractivity contribution in [1.82, 2.24) is 14.8 Å². The number of fused-ring (bicyclic) bond motifs is 1. The monoisotopic (exact) mass is 532 g/mol. The van der Waals surface area contributed by atoms with Crippen LogP contribution in [0.25, 0.3) is 0 Å². The van der Waals surface area contributed by atoms with Gasteiger partial charge >= 0.3 is 0 Å². The van der Waals surface area contributed by atoms with Gasteiger partial charge in [0.05, 0.1) is 16.1 Å². The number of aromatic nitrogens is 3. The number of nitro groups is 1. The van der Waals surface area contributed by atoms with E-state index in [2.05, 4.69) is 20.7 Å². The molecule has 37 heavy (non-hydrogen) atoms. The Morgan fingerprint density at radius 2 is 1.81 bits per heavy atom. The maximum atomic E-state index is 13.5. The number of nitro benzene ring substituents is 1. The lowest BCUT2D eigenvalue weighted by Gasteiger charge is -2.28. The molecule has 1 amide bonds. The SMILES string of the molecule is CC1=C(C(=O)Nc2ccccc2)C(c2ccccc2[N+](=O)[O-])n2nc(SCc3ccccc3Cl)nc2N1. The molecule has 4 aromatic rings. The molecule has 9 nitrogen and oxygen atoms in total. The second-order valence-corrected chi connectivity index (χ2v) is 9.59. The lowest BCUT2D eigenvalue weighted by Crippen LogP contribution is -2.31. The zero-order valence-corrected chi connectivity index (χ0v) is 21.2. The molecule has 1 aliphatic heterocycles. The van der Waals surface area contributed by atoms with Gasteiger partial charge in [0.25, 0.3) is 11.6 Å². The van der Waals surface area contributed by atoms with Crippen LogP contribution in [0.5, 0.6) is 0 Å². The molecule has 1 aromatic heterocycles. The fourth-order valence-electron chi connectivity index (χ4n) is 4.14. The molecule has 186 valence electrons. The predicted molar refractivity (Wildman–Crippen MR) is 144 cm³/mol. The van der Waals surface area contributed by atoms with Crippen molar-refractivity contribution in [3.63, 3.8) is 0 Å². The number of anilines is 2. The highest BCUT2D eigenvalue weighted by Gasteiger charge is 2.37. The Balaban J connectivity index is 1.55. The van der Waals surface area contributed by atoms with E-state index in [1.54, 1.807) is 37.3 Å². The van der Waals surface area contributed by atoms with Crippen molar-refractivity contribution in [2.24, 2.45) is 0 Å². The van der Waals surface area contributed by atoms with Crippen LogP contribution in [0.4, 0.5) is 17.3 Å². The van der Waals surface area contributed by atoms with E-state index in [9.17, 15) is 14.9 Å². The van der Waals surface area contributed by atoms with Crippen molar-refractivity contribution < 1.29 is 9.72 Å². The van der Waals surface area contributed by atoms with Crippen LogP contribution in [-0.4, -0.2) is 25.6 Å². The Kier molecular flexibility index (Phi) is 6.93. The summed E-state index contributed by atoms with van der Waals surface area (Å²) in [4.78, 5) is 29.6. The van der Waals surface area contributed by atoms with Crippen molar-refractivity contribution in [1.29, 1.82) is 0 Å². The molecule has 0 saturated heterocycles. The van der Waals surface area contributed by atoms with Crippen LogP contribution in [0.3, 0.4) is 0 Å². The number of halogens is 1. The summed E-state index contributed by atoms with van der Waals surface area (Å²) in [5.41, 5.74) is 2.59. The highest BCUT2D eigenvalue weighted by molar-refractivity contribution is 7.98. The van der Waals surface area contributed by atoms with E-state index in [1.807, 2.05) is 42.5 Å². The molecule has 0 bridgehead atoms. The number of hydrogen-bond acceptors (Lipinski definition) is 7. The molecule has 1 aliphatic rings. The van der Waals surface area contributed by atoms with Gasteiger partial charge in [-0.05, 0) is 36.8 Å². The van der Waals surface area contributed by atoms with Crippen LogP contribution in [-0.2, 0) is 10.5 Å². The van der Waals surface area contributed by atoms with Gasteiger partial charge in [0.1, 0.15) is 6.04 Å². The molecule has 1 unspecified atom stereocenters. The van der Waals surface area contributed by atoms with Gasteiger partial charge in [-0.3, -0.25) is 14.9 Å². The average molecular weight is 533 g/mol. The summed E-state index contributed by atoms with van der Waals surface area (Å²) in [6, 6.07) is 22.0. The summed E-state index contributed by atoms with van der Waals surface area (Å²) in [6.07, 6.45) is 0. The summed E-state index contributed by atoms with van der Waals surface area (Å²) in [7, 11) is 0. The second-order valence-electron chi connectivity index (χ2n) is 8.24. The smallest absolute Gasteiger partial charge is 0.275 e. The maximum Gasteiger partial charge on any atom is 0.275 e. The number of amides is 1. The number of thioether (sulfide) groups is 1. The molecule has 0 saturated carbocycles. The van der Waals surface area contributed by atoms with E-state index in [0.717, 1.165) is 5.56 Å². The first-order valence-electron chi connectivity index (χ1n) is 11.3. The van der Waals surface area contributed by atoms with Gasteiger partial charge in [-0.25, -0.2) is 4.68 Å². The number of allylic oxidation sites excluding steroid dienone is 1. The third-order valence-corrected chi connectivity index (χ3v) is 7.11. The molecular weight excluding hydrogens is 512 g/mol. The number of para-hydroxylation sites is 2. The summed E-state index contributed by atoms with van der Waals surface area (Å²) < 4.78 is 1.53. The minimum Gasteiger partial charge on any atom is -0.328 e. The molecule has 0 radical (unpaired) electrons. The lowest BCUT2D eigenvalue weighted by atomic mass is 9.93. The highest BCUT2D eigenvalue weighted by Crippen LogP contribution is 2.40. The molecule has 5 rings (SSSR count). The van der Waals surface area contributed by atoms with Gasteiger partial charge in [0.15, 0.2) is 0 Å². The topological polar surface area (TPSA) is 115 Å². The van der Waals surface area contributed by atoms with Gasteiger partial charge in [-0.1, -0.05) is 71.9 Å². The Morgan fingerprint density at radius 1 is 1.11 bits per heavy atom. The lowest BCUT2D eigenvalue weighted by molar-refractivity contribution is -0.385. The van der Waals surface area contributed by atoms with Gasteiger partial charge in [0, 0.05) is 28.2 Å². The van der Waals surface area contributed by atoms with E-state index in [4.69, 9.17) is 11.6 Å². The van der Waals surface area contributed by atoms with Gasteiger partial charge in [-0.2, -0.15) is 4.98 Å². The molecule has 11 heteroatoms. The van der Waals surface area contributed by atoms with Crippen LogP contribution in [0.2, 0.25) is 5.02 Å². The van der Waals surface area contributed by atoms with Crippen LogP contribution >= 0.6 is 23.4 Å². The second kappa shape index (κ2) is 10.5. The number of nitrogens with zero attached hydrogens (tertiary/aromatic N) is 4. The van der Waals surface area contributed by atoms with Gasteiger partial charge in [0.2, 0.25) is 11.1 Å². The number of rotatable bonds is 7. The quantitative estimate of drug-likeness (QED) is 0.169. The number of carbonyl (C=O) groups is 1. The van der Waals surface area contributed by atoms with E-state index >= 15 is 0 Å². The minimum absolute atomic E-state index is 0.112. The zero-order chi connectivity index (χ0) is 25.9. The third kappa shape index (κ3) is 5.07. The Labute approximate surface area is 221 Å². The van der Waals surface area contributed by atoms with Gasteiger partial charge in [-0.15, -0.1) is 5.10 Å². The average Bonchev–Trinajstić information content (AvgIpc) is 3.30. The first-order valence-corrected chi connectivity index (χ1v) is 12.7. The number of hydrogen-bond donors (Lipinski definition) is 2. The fourth-order valence-corrected chi connectivity index (χ4v) is 5.25. The van der Waals surface area contributed by atoms with Crippen LogP contribution in [0, 0.1) is 10.1 Å². The Morgan fingerprint density at radius 3 is 2.57 bits per heavy atom. The minimum atomic E-state index is -0.872. The summed E-state index contributed by atoms with van der Waals surface area (Å²) in [6.45, 7) is 1.75. The van der Waals surface area contributed by atoms with Crippen molar-refractivity contribution in [3.8, 4) is 0 Å². The summed E-state index contributed by atoms with van der Waals surface area (Å²) >= 11 is 7.68. The largest absolute Gasteiger partial charge is 0.328 e. The molecular formula is C26H21ClN6O3S. The van der Waals surface area contributed by atoms with Crippen molar-refractivity contribution >= 4 is 46.6 Å². The van der Waals surface area contributed by atoms with E-state index in [1.165, 1.54) is 22.5 Å². The normalized spacial score (nSPS) is 14.6. The molecule has 2 heterocycles. The fraction of sp³-hybridized carbons (Fsp3) is 0.115. The van der Waals surface area contributed by atoms with E-state index < -0.39 is 16.9 Å². The molecule has 0 spiro atoms. The molecule has 0 aliphatic carbocycles. The van der Waals surface area contributed by atoms with Crippen molar-refractivity contribution in [2.75, 3.05) is 10.6 Å². The first-order chi connectivity index (χ1) is 17.9. The van der Waals surface area contributed by atoms with E-state index in [-0.39, 0.29) is 5.69 Å². The van der Waals surface area contributed by atoms with Crippen molar-refractivity contribution in [3.05, 3.63) is 116 Å². The van der Waals surface area contributed by atoms with Crippen LogP contribution in [0.1, 0.15) is 24.1 Å². The van der Waals surface area contributed by atoms with Crippen LogP contribution in [0.15, 0.2) is 95.3 Å². The summed E-state index contributed by atoms with van der Waals surface area (Å²) in [5, 5.41) is 23.7. The predicted octanol–water partition coefficient (Wildman–Crippen LogP) is 6.06. The number of benzene rings is 3. The summed E-state index contributed by atoms with van der Waals surface area (Å²) in [5.74, 6) is 0.525.